The van der Waals surface area contributed by atoms with Crippen molar-refractivity contribution in [2.24, 2.45) is 0 Å². The van der Waals surface area contributed by atoms with Crippen LogP contribution in [-0.4, -0.2) is 16.1 Å². The molecule has 16 heavy (non-hydrogen) atoms. The number of hydrogen-bond donors (Lipinski definition) is 2. The Bertz CT molecular complexity index is 462. The summed E-state index contributed by atoms with van der Waals surface area (Å²) >= 11 is 10.5. The maximum absolute atomic E-state index is 12.4. The van der Waals surface area contributed by atoms with Crippen LogP contribution < -0.4 is 5.73 Å². The average molecular weight is 275 g/mol. The van der Waals surface area contributed by atoms with Gasteiger partial charge in [0, 0.05) is 0 Å². The summed E-state index contributed by atoms with van der Waals surface area (Å²) in [6.07, 6.45) is -4.85. The molecule has 0 atom stereocenters. The van der Waals surface area contributed by atoms with E-state index in [1.165, 1.54) is 0 Å². The molecule has 0 aliphatic carbocycles. The van der Waals surface area contributed by atoms with Gasteiger partial charge in [0.2, 0.25) is 0 Å². The largest absolute Gasteiger partial charge is 0.476 e. The predicted octanol–water partition coefficient (Wildman–Crippen LogP) is 2.69. The molecule has 0 spiro atoms. The molecule has 0 radical (unpaired) electrons. The number of carbonyl (C=O) groups is 1. The van der Waals surface area contributed by atoms with E-state index in [-0.39, 0.29) is 0 Å². The normalized spacial score (nSPS) is 11.6. The van der Waals surface area contributed by atoms with Gasteiger partial charge < -0.3 is 10.8 Å². The number of nitrogens with zero attached hydrogens (tertiary/aromatic N) is 1. The van der Waals surface area contributed by atoms with Crippen LogP contribution in [0.5, 0.6) is 0 Å². The Morgan fingerprint density at radius 3 is 2.25 bits per heavy atom. The van der Waals surface area contributed by atoms with Crippen LogP contribution in [0.2, 0.25) is 10.2 Å². The first kappa shape index (κ1) is 12.9. The number of aromatic carboxylic acids is 1. The molecule has 1 aromatic rings. The zero-order valence-corrected chi connectivity index (χ0v) is 8.78. The topological polar surface area (TPSA) is 76.2 Å². The zero-order chi connectivity index (χ0) is 12.7. The van der Waals surface area contributed by atoms with E-state index < -0.39 is 39.3 Å². The monoisotopic (exact) mass is 274 g/mol. The lowest BCUT2D eigenvalue weighted by molar-refractivity contribution is -0.137. The molecule has 1 rings (SSSR count). The fourth-order valence-electron chi connectivity index (χ4n) is 0.963. The summed E-state index contributed by atoms with van der Waals surface area (Å²) in [5.74, 6) is -1.62. The van der Waals surface area contributed by atoms with Gasteiger partial charge in [0.1, 0.15) is 10.7 Å². The lowest BCUT2D eigenvalue weighted by Crippen LogP contribution is -2.14. The minimum Gasteiger partial charge on any atom is -0.476 e. The smallest absolute Gasteiger partial charge is 0.421 e. The van der Waals surface area contributed by atoms with Crippen molar-refractivity contribution < 1.29 is 23.1 Å². The summed E-state index contributed by atoms with van der Waals surface area (Å²) in [6.45, 7) is 0. The van der Waals surface area contributed by atoms with E-state index in [1.807, 2.05) is 0 Å². The number of rotatable bonds is 1. The van der Waals surface area contributed by atoms with E-state index in [2.05, 4.69) is 4.98 Å². The molecule has 0 saturated heterocycles. The lowest BCUT2D eigenvalue weighted by atomic mass is 10.2. The van der Waals surface area contributed by atoms with E-state index in [9.17, 15) is 18.0 Å². The van der Waals surface area contributed by atoms with Gasteiger partial charge in [0.05, 0.1) is 10.7 Å². The Morgan fingerprint density at radius 1 is 1.38 bits per heavy atom. The van der Waals surface area contributed by atoms with Gasteiger partial charge >= 0.3 is 12.1 Å². The van der Waals surface area contributed by atoms with Crippen LogP contribution in [-0.2, 0) is 6.18 Å². The first-order valence-corrected chi connectivity index (χ1v) is 4.36. The van der Waals surface area contributed by atoms with Crippen molar-refractivity contribution in [3.63, 3.8) is 0 Å². The Labute approximate surface area is 96.8 Å². The van der Waals surface area contributed by atoms with Crippen LogP contribution in [0.3, 0.4) is 0 Å². The highest BCUT2D eigenvalue weighted by atomic mass is 35.5. The van der Waals surface area contributed by atoms with Gasteiger partial charge in [-0.2, -0.15) is 13.2 Å². The van der Waals surface area contributed by atoms with Crippen molar-refractivity contribution in [3.8, 4) is 0 Å². The second-order valence-corrected chi connectivity index (χ2v) is 3.39. The Hall–Kier alpha value is -1.21. The highest BCUT2D eigenvalue weighted by Crippen LogP contribution is 2.41. The number of anilines is 1. The SMILES string of the molecule is Nc1c(Cl)c(C(=O)O)nc(Cl)c1C(F)(F)F. The van der Waals surface area contributed by atoms with Gasteiger partial charge in [-0.1, -0.05) is 23.2 Å². The molecule has 9 heteroatoms. The Balaban J connectivity index is 3.59. The number of nitrogens with two attached hydrogens (primary N) is 1. The third-order valence-corrected chi connectivity index (χ3v) is 2.27. The molecule has 0 amide bonds. The third kappa shape index (κ3) is 2.14. The summed E-state index contributed by atoms with van der Waals surface area (Å²) in [7, 11) is 0. The number of hydrogen-bond acceptors (Lipinski definition) is 3. The van der Waals surface area contributed by atoms with Crippen molar-refractivity contribution in [3.05, 3.63) is 21.4 Å². The van der Waals surface area contributed by atoms with Crippen LogP contribution in [0.1, 0.15) is 16.1 Å². The van der Waals surface area contributed by atoms with Crippen LogP contribution in [0.25, 0.3) is 0 Å². The highest BCUT2D eigenvalue weighted by molar-refractivity contribution is 6.37. The fourth-order valence-corrected chi connectivity index (χ4v) is 1.47. The maximum Gasteiger partial charge on any atom is 0.421 e. The van der Waals surface area contributed by atoms with Gasteiger partial charge in [-0.3, -0.25) is 0 Å². The molecular weight excluding hydrogens is 272 g/mol. The molecule has 0 saturated carbocycles. The van der Waals surface area contributed by atoms with Crippen molar-refractivity contribution in [1.29, 1.82) is 0 Å². The molecule has 88 valence electrons. The quantitative estimate of drug-likeness (QED) is 0.772. The minimum atomic E-state index is -4.85. The molecule has 0 aliphatic rings. The molecule has 0 bridgehead atoms. The van der Waals surface area contributed by atoms with Crippen LogP contribution in [0.4, 0.5) is 18.9 Å². The Kier molecular flexibility index (Phi) is 3.20. The van der Waals surface area contributed by atoms with Crippen molar-refractivity contribution >= 4 is 34.9 Å². The van der Waals surface area contributed by atoms with E-state index in [4.69, 9.17) is 34.0 Å². The van der Waals surface area contributed by atoms with E-state index in [0.29, 0.717) is 0 Å². The zero-order valence-electron chi connectivity index (χ0n) is 7.27. The maximum atomic E-state index is 12.4. The lowest BCUT2D eigenvalue weighted by Gasteiger charge is -2.13. The molecule has 1 aromatic heterocycles. The molecular formula is C7H3Cl2F3N2O2. The molecule has 0 unspecified atom stereocenters. The number of carboxylic acids is 1. The molecule has 0 aliphatic heterocycles. The molecule has 0 fully saturated rings. The summed E-state index contributed by atoms with van der Waals surface area (Å²) in [5, 5.41) is 6.73. The molecule has 3 N–H and O–H groups in total. The number of alkyl halides is 3. The third-order valence-electron chi connectivity index (χ3n) is 1.62. The second-order valence-electron chi connectivity index (χ2n) is 2.66. The standard InChI is InChI=1S/C7H3Cl2F3N2O2/c8-2-3(13)1(7(10,11)12)5(9)14-4(2)6(15)16/h(H2,13,14)(H,15,16). The van der Waals surface area contributed by atoms with Crippen LogP contribution in [0, 0.1) is 0 Å². The number of halogens is 5. The first-order chi connectivity index (χ1) is 7.16. The number of aromatic nitrogens is 1. The van der Waals surface area contributed by atoms with Crippen LogP contribution >= 0.6 is 23.2 Å². The van der Waals surface area contributed by atoms with Crippen molar-refractivity contribution in [1.82, 2.24) is 4.98 Å². The van der Waals surface area contributed by atoms with Crippen LogP contribution in [0.15, 0.2) is 0 Å². The number of carboxylic acid groups (broad SMARTS) is 1. The highest BCUT2D eigenvalue weighted by Gasteiger charge is 2.38. The molecule has 4 nitrogen and oxygen atoms in total. The average Bonchev–Trinajstić information content (AvgIpc) is 2.08. The number of pyridine rings is 1. The van der Waals surface area contributed by atoms with Gasteiger partial charge in [-0.25, -0.2) is 9.78 Å². The predicted molar refractivity (Wildman–Crippen MR) is 50.6 cm³/mol. The van der Waals surface area contributed by atoms with E-state index in [0.717, 1.165) is 0 Å². The van der Waals surface area contributed by atoms with E-state index in [1.54, 1.807) is 0 Å². The van der Waals surface area contributed by atoms with Gasteiger partial charge in [0.15, 0.2) is 5.69 Å². The van der Waals surface area contributed by atoms with E-state index >= 15 is 0 Å². The summed E-state index contributed by atoms with van der Waals surface area (Å²) < 4.78 is 37.2. The molecule has 0 aromatic carbocycles. The minimum absolute atomic E-state index is 0.788. The summed E-state index contributed by atoms with van der Waals surface area (Å²) in [5.41, 5.74) is 1.85. The second kappa shape index (κ2) is 3.99. The summed E-state index contributed by atoms with van der Waals surface area (Å²) in [4.78, 5) is 13.6. The first-order valence-electron chi connectivity index (χ1n) is 3.61. The fraction of sp³-hybridized carbons (Fsp3) is 0.143. The van der Waals surface area contributed by atoms with Crippen molar-refractivity contribution in [2.75, 3.05) is 5.73 Å². The Morgan fingerprint density at radius 2 is 1.88 bits per heavy atom. The molecule has 1 heterocycles. The number of nitrogen functional groups attached to an aromatic ring is 1. The summed E-state index contributed by atoms with van der Waals surface area (Å²) in [6, 6.07) is 0. The van der Waals surface area contributed by atoms with Crippen molar-refractivity contribution in [2.45, 2.75) is 6.18 Å². The van der Waals surface area contributed by atoms with Gasteiger partial charge in [-0.05, 0) is 0 Å². The van der Waals surface area contributed by atoms with Gasteiger partial charge in [-0.15, -0.1) is 0 Å². The van der Waals surface area contributed by atoms with Gasteiger partial charge in [0.25, 0.3) is 0 Å².